The van der Waals surface area contributed by atoms with Crippen molar-refractivity contribution in [3.05, 3.63) is 41.0 Å². The van der Waals surface area contributed by atoms with Gasteiger partial charge in [0.05, 0.1) is 28.2 Å². The molecule has 2 saturated heterocycles. The fourth-order valence-electron chi connectivity index (χ4n) is 5.31. The number of hydrogen-bond donors (Lipinski definition) is 2. The molecule has 0 aliphatic carbocycles. The zero-order valence-corrected chi connectivity index (χ0v) is 22.1. The van der Waals surface area contributed by atoms with Crippen LogP contribution in [0.25, 0.3) is 10.4 Å². The van der Waals surface area contributed by atoms with E-state index in [9.17, 15) is 23.1 Å². The highest BCUT2D eigenvalue weighted by atomic mass is 32.2. The number of rotatable bonds is 6. The number of aliphatic hydroxyl groups excluding tert-OH is 1. The number of carbonyl (C=O) groups is 2. The number of aliphatic imine (C=N–C) groups is 1. The highest BCUT2D eigenvalue weighted by molar-refractivity contribution is 8.17. The molecule has 1 aromatic carbocycles. The number of amidine groups is 1. The number of aliphatic hydroxyl groups is 1. The zero-order chi connectivity index (χ0) is 26.5. The van der Waals surface area contributed by atoms with Gasteiger partial charge in [0.15, 0.2) is 5.54 Å². The first-order valence-electron chi connectivity index (χ1n) is 12.0. The largest absolute Gasteiger partial charge is 0.391 e. The number of nitrogens with one attached hydrogen (secondary N) is 1. The van der Waals surface area contributed by atoms with Crippen molar-refractivity contribution < 1.29 is 23.1 Å². The Hall–Kier alpha value is -2.54. The van der Waals surface area contributed by atoms with Crippen LogP contribution < -0.4 is 5.32 Å². The fourth-order valence-corrected chi connectivity index (χ4v) is 7.22. The molecule has 3 aliphatic heterocycles. The monoisotopic (exact) mass is 538 g/mol. The maximum atomic E-state index is 13.5. The molecule has 2 unspecified atom stereocenters. The molecular weight excluding hydrogens is 512 g/mol. The van der Waals surface area contributed by atoms with E-state index in [1.807, 2.05) is 31.2 Å². The van der Waals surface area contributed by atoms with Crippen LogP contribution in [0.3, 0.4) is 0 Å². The smallest absolute Gasteiger partial charge is 0.257 e. The Morgan fingerprint density at radius 2 is 2.05 bits per heavy atom. The van der Waals surface area contributed by atoms with Gasteiger partial charge in [-0.05, 0) is 37.8 Å². The minimum absolute atomic E-state index is 0.0225. The third-order valence-corrected chi connectivity index (χ3v) is 9.76. The van der Waals surface area contributed by atoms with Gasteiger partial charge in [0.2, 0.25) is 12.4 Å². The number of likely N-dealkylation sites (tertiary alicyclic amines) is 1. The summed E-state index contributed by atoms with van der Waals surface area (Å²) >= 11 is 1.54. The van der Waals surface area contributed by atoms with Gasteiger partial charge in [-0.2, -0.15) is 0 Å². The van der Waals surface area contributed by atoms with Crippen molar-refractivity contribution in [2.24, 2.45) is 4.99 Å². The van der Waals surface area contributed by atoms with Gasteiger partial charge >= 0.3 is 0 Å². The van der Waals surface area contributed by atoms with E-state index in [4.69, 9.17) is 12.7 Å². The van der Waals surface area contributed by atoms with Crippen LogP contribution in [0.1, 0.15) is 37.4 Å². The third kappa shape index (κ3) is 4.53. The summed E-state index contributed by atoms with van der Waals surface area (Å²) in [5.74, 6) is -0.474. The topological polar surface area (TPSA) is 132 Å². The summed E-state index contributed by atoms with van der Waals surface area (Å²) < 4.78 is 25.9. The predicted molar refractivity (Wildman–Crippen MR) is 141 cm³/mol. The Labute approximate surface area is 221 Å². The number of amides is 2. The number of thiazole rings is 1. The van der Waals surface area contributed by atoms with E-state index in [1.165, 1.54) is 4.90 Å². The molecule has 2 aromatic rings. The minimum Gasteiger partial charge on any atom is -0.391 e. The van der Waals surface area contributed by atoms with E-state index in [0.29, 0.717) is 24.9 Å². The van der Waals surface area contributed by atoms with Crippen molar-refractivity contribution in [2.75, 3.05) is 13.1 Å². The lowest BCUT2D eigenvalue weighted by atomic mass is 9.79. The quantitative estimate of drug-likeness (QED) is 0.510. The Balaban J connectivity index is 1.41. The number of aryl methyl sites for hydroxylation is 1. The third-order valence-electron chi connectivity index (χ3n) is 7.35. The van der Waals surface area contributed by atoms with Crippen LogP contribution in [0.4, 0.5) is 0 Å². The molecule has 3 radical (unpaired) electrons. The van der Waals surface area contributed by atoms with Crippen molar-refractivity contribution >= 4 is 53.0 Å². The van der Waals surface area contributed by atoms with Crippen molar-refractivity contribution in [3.8, 4) is 10.4 Å². The van der Waals surface area contributed by atoms with Gasteiger partial charge in [-0.1, -0.05) is 24.3 Å². The average Bonchev–Trinajstić information content (AvgIpc) is 3.66. The lowest BCUT2D eigenvalue weighted by molar-refractivity contribution is -0.134. The Morgan fingerprint density at radius 1 is 1.32 bits per heavy atom. The Morgan fingerprint density at radius 3 is 2.70 bits per heavy atom. The molecule has 3 aliphatic rings. The van der Waals surface area contributed by atoms with Crippen molar-refractivity contribution in [1.29, 1.82) is 0 Å². The van der Waals surface area contributed by atoms with E-state index in [1.54, 1.807) is 23.8 Å². The summed E-state index contributed by atoms with van der Waals surface area (Å²) in [4.78, 5) is 38.2. The molecule has 4 atom stereocenters. The van der Waals surface area contributed by atoms with Crippen LogP contribution in [-0.4, -0.2) is 90.8 Å². The van der Waals surface area contributed by atoms with Gasteiger partial charge < -0.3 is 15.3 Å². The molecule has 0 spiro atoms. The molecule has 0 bridgehead atoms. The molecular formula is C23H26B2N5O5S2. The summed E-state index contributed by atoms with van der Waals surface area (Å²) in [6, 6.07) is 5.99. The second kappa shape index (κ2) is 9.64. The summed E-state index contributed by atoms with van der Waals surface area (Å²) in [7, 11) is 1.42. The Kier molecular flexibility index (Phi) is 6.80. The van der Waals surface area contributed by atoms with Crippen LogP contribution in [-0.2, 0) is 25.0 Å². The van der Waals surface area contributed by atoms with Crippen molar-refractivity contribution in [2.45, 2.75) is 56.8 Å². The van der Waals surface area contributed by atoms with Crippen LogP contribution in [0.5, 0.6) is 0 Å². The van der Waals surface area contributed by atoms with E-state index < -0.39 is 39.5 Å². The first-order chi connectivity index (χ1) is 17.5. The molecule has 1 aromatic heterocycles. The van der Waals surface area contributed by atoms with E-state index in [0.717, 1.165) is 20.4 Å². The summed E-state index contributed by atoms with van der Waals surface area (Å²) in [5, 5.41) is 13.3. The highest BCUT2D eigenvalue weighted by Gasteiger charge is 2.49. The summed E-state index contributed by atoms with van der Waals surface area (Å²) in [6.45, 7) is 3.87. The van der Waals surface area contributed by atoms with Gasteiger partial charge in [-0.3, -0.25) is 9.59 Å². The van der Waals surface area contributed by atoms with Crippen LogP contribution in [0.15, 0.2) is 34.8 Å². The highest BCUT2D eigenvalue weighted by Crippen LogP contribution is 2.35. The molecule has 5 rings (SSSR count). The van der Waals surface area contributed by atoms with E-state index >= 15 is 0 Å². The molecule has 2 fully saturated rings. The molecule has 191 valence electrons. The van der Waals surface area contributed by atoms with Gasteiger partial charge in [-0.15, -0.1) is 11.3 Å². The van der Waals surface area contributed by atoms with Crippen LogP contribution in [0, 0.1) is 6.92 Å². The van der Waals surface area contributed by atoms with Gasteiger partial charge in [0.25, 0.3) is 5.91 Å². The molecule has 2 amide bonds. The molecule has 2 N–H and O–H groups in total. The fraction of sp³-hybridized carbons (Fsp3) is 0.478. The van der Waals surface area contributed by atoms with E-state index in [2.05, 4.69) is 10.3 Å². The lowest BCUT2D eigenvalue weighted by Crippen LogP contribution is -2.53. The summed E-state index contributed by atoms with van der Waals surface area (Å²) in [6.07, 6.45) is 0.843. The van der Waals surface area contributed by atoms with E-state index in [-0.39, 0.29) is 31.3 Å². The van der Waals surface area contributed by atoms with Crippen molar-refractivity contribution in [1.82, 2.24) is 19.5 Å². The van der Waals surface area contributed by atoms with Gasteiger partial charge in [0.1, 0.15) is 21.8 Å². The maximum absolute atomic E-state index is 13.5. The normalized spacial score (nSPS) is 28.4. The van der Waals surface area contributed by atoms with Crippen LogP contribution in [0.2, 0.25) is 0 Å². The first kappa shape index (κ1) is 26.1. The number of hydrogen-bond acceptors (Lipinski definition) is 8. The zero-order valence-electron chi connectivity index (χ0n) is 20.5. The SMILES string of the molecule is [B][B]S(=O)(=O)N1CCC[C@H]1C(=O)N1CC(O)CC1C1=N[C@@](C)(c2ccc(-c3scnc3C)cc2)C(=O)N1. The lowest BCUT2D eigenvalue weighted by Gasteiger charge is -2.30. The van der Waals surface area contributed by atoms with Gasteiger partial charge in [-0.25, -0.2) is 22.7 Å². The van der Waals surface area contributed by atoms with Crippen LogP contribution >= 0.6 is 11.3 Å². The molecule has 10 nitrogen and oxygen atoms in total. The number of benzene rings is 1. The number of carbonyl (C=O) groups excluding carboxylic acids is 2. The molecule has 4 heterocycles. The molecule has 37 heavy (non-hydrogen) atoms. The average molecular weight is 538 g/mol. The predicted octanol–water partition coefficient (Wildman–Crippen LogP) is 0.321. The minimum atomic E-state index is -3.88. The number of nitrogens with zero attached hydrogens (tertiary/aromatic N) is 4. The Bertz CT molecular complexity index is 1370. The summed E-state index contributed by atoms with van der Waals surface area (Å²) in [5.41, 5.74) is 3.20. The molecule has 14 heteroatoms. The second-order valence-corrected chi connectivity index (χ2v) is 12.3. The maximum Gasteiger partial charge on any atom is 0.257 e. The molecule has 0 saturated carbocycles. The standard InChI is InChI=1S/C23H26B2N5O5S2/c1-13-19(36-12-26-13)14-5-7-15(8-6-14)23(2)22(33)27-20(28-23)18-10-16(31)11-29(18)21(32)17-4-3-9-30(17)37(34,35)25-24/h5-8,12,16-18,31H,3-4,9-11H2,1-2H3,(H,27,28,33)/t16?,17-,18?,23-/m0/s1. The number of aromatic nitrogens is 1. The van der Waals surface area contributed by atoms with Gasteiger partial charge in [0, 0.05) is 27.2 Å². The van der Waals surface area contributed by atoms with Crippen molar-refractivity contribution in [3.63, 3.8) is 0 Å². The first-order valence-corrected chi connectivity index (χ1v) is 14.4. The second-order valence-electron chi connectivity index (χ2n) is 9.71. The number of β-amino-alcohol motifs (C(OH)–C–C–N with tert-alkyl or cyclic N) is 1.